The fourth-order valence-corrected chi connectivity index (χ4v) is 1.96. The lowest BCUT2D eigenvalue weighted by atomic mass is 10.1. The molecule has 0 aliphatic heterocycles. The van der Waals surface area contributed by atoms with Gasteiger partial charge in [-0.05, 0) is 36.2 Å². The summed E-state index contributed by atoms with van der Waals surface area (Å²) in [4.78, 5) is 11.5. The van der Waals surface area contributed by atoms with E-state index in [1.165, 1.54) is 0 Å². The van der Waals surface area contributed by atoms with Crippen LogP contribution >= 0.6 is 12.4 Å². The van der Waals surface area contributed by atoms with Crippen molar-refractivity contribution in [2.45, 2.75) is 18.6 Å². The van der Waals surface area contributed by atoms with Crippen molar-refractivity contribution < 1.29 is 27.4 Å². The summed E-state index contributed by atoms with van der Waals surface area (Å²) in [5, 5.41) is 0. The van der Waals surface area contributed by atoms with E-state index in [0.29, 0.717) is 17.1 Å². The molecule has 25 heavy (non-hydrogen) atoms. The minimum atomic E-state index is -4.57. The summed E-state index contributed by atoms with van der Waals surface area (Å²) in [5.41, 5.74) is 6.25. The summed E-state index contributed by atoms with van der Waals surface area (Å²) < 4.78 is 45.9. The number of hydrogen-bond acceptors (Lipinski definition) is 4. The summed E-state index contributed by atoms with van der Waals surface area (Å²) in [7, 11) is 0. The van der Waals surface area contributed by atoms with Crippen LogP contribution in [0.4, 0.5) is 13.2 Å². The third-order valence-electron chi connectivity index (χ3n) is 3.01. The predicted octanol–water partition coefficient (Wildman–Crippen LogP) is 3.88. The third kappa shape index (κ3) is 7.45. The molecular formula is C17H17ClF3NO3. The van der Waals surface area contributed by atoms with Gasteiger partial charge in [0, 0.05) is 0 Å². The molecular weight excluding hydrogens is 359 g/mol. The van der Waals surface area contributed by atoms with Crippen LogP contribution in [0.3, 0.4) is 0 Å². The van der Waals surface area contributed by atoms with Gasteiger partial charge >= 0.3 is 12.1 Å². The van der Waals surface area contributed by atoms with Gasteiger partial charge in [0.05, 0.1) is 0 Å². The average molecular weight is 376 g/mol. The van der Waals surface area contributed by atoms with Gasteiger partial charge in [-0.1, -0.05) is 30.3 Å². The van der Waals surface area contributed by atoms with E-state index in [0.717, 1.165) is 0 Å². The van der Waals surface area contributed by atoms with E-state index in [1.54, 1.807) is 36.4 Å². The van der Waals surface area contributed by atoms with Crippen molar-refractivity contribution in [2.75, 3.05) is 6.61 Å². The maximum Gasteiger partial charge on any atom is 0.422 e. The molecule has 2 rings (SSSR count). The maximum atomic E-state index is 12.0. The highest BCUT2D eigenvalue weighted by Crippen LogP contribution is 2.22. The van der Waals surface area contributed by atoms with Gasteiger partial charge in [-0.15, -0.1) is 12.4 Å². The van der Waals surface area contributed by atoms with Crippen molar-refractivity contribution in [1.29, 1.82) is 0 Å². The molecule has 0 saturated heterocycles. The Kier molecular flexibility index (Phi) is 7.73. The molecule has 0 fully saturated rings. The number of nitrogens with two attached hydrogens (primary N) is 1. The van der Waals surface area contributed by atoms with E-state index in [2.05, 4.69) is 4.74 Å². The summed E-state index contributed by atoms with van der Waals surface area (Å²) in [5.74, 6) is 0.0831. The highest BCUT2D eigenvalue weighted by Gasteiger charge is 2.30. The molecule has 4 nitrogen and oxygen atoms in total. The van der Waals surface area contributed by atoms with Crippen LogP contribution in [0.5, 0.6) is 11.5 Å². The zero-order valence-electron chi connectivity index (χ0n) is 13.0. The number of ether oxygens (including phenoxy) is 2. The number of carbonyl (C=O) groups excluding carboxylic acids is 1. The summed E-state index contributed by atoms with van der Waals surface area (Å²) in [6.07, 6.45) is -4.53. The molecule has 136 valence electrons. The highest BCUT2D eigenvalue weighted by atomic mass is 35.5. The molecule has 0 saturated carbocycles. The van der Waals surface area contributed by atoms with Gasteiger partial charge in [-0.2, -0.15) is 13.2 Å². The lowest BCUT2D eigenvalue weighted by molar-refractivity contribution is -0.187. The Hall–Kier alpha value is -2.25. The second-order valence-electron chi connectivity index (χ2n) is 5.10. The van der Waals surface area contributed by atoms with E-state index in [1.807, 2.05) is 18.2 Å². The fourth-order valence-electron chi connectivity index (χ4n) is 1.96. The van der Waals surface area contributed by atoms with Crippen molar-refractivity contribution in [3.05, 3.63) is 60.2 Å². The standard InChI is InChI=1S/C17H16F3NO3.ClH/c18-17(19,20)11-23-16(22)15(21)10-12-5-4-8-14(9-12)24-13-6-2-1-3-7-13;/h1-9,15H,10-11,21H2;1H/t15-;/m0./s1. The largest absolute Gasteiger partial charge is 0.457 e. The molecule has 2 aromatic rings. The summed E-state index contributed by atoms with van der Waals surface area (Å²) >= 11 is 0. The van der Waals surface area contributed by atoms with Gasteiger partial charge < -0.3 is 15.2 Å². The Balaban J connectivity index is 0.00000312. The molecule has 0 aromatic heterocycles. The Morgan fingerprint density at radius 1 is 1.04 bits per heavy atom. The van der Waals surface area contributed by atoms with Crippen molar-refractivity contribution in [3.63, 3.8) is 0 Å². The first kappa shape index (κ1) is 20.8. The van der Waals surface area contributed by atoms with Gasteiger partial charge in [-0.25, -0.2) is 0 Å². The number of benzene rings is 2. The molecule has 0 bridgehead atoms. The third-order valence-corrected chi connectivity index (χ3v) is 3.01. The second kappa shape index (κ2) is 9.29. The van der Waals surface area contributed by atoms with Crippen molar-refractivity contribution in [2.24, 2.45) is 5.73 Å². The second-order valence-corrected chi connectivity index (χ2v) is 5.10. The monoisotopic (exact) mass is 375 g/mol. The van der Waals surface area contributed by atoms with Crippen LogP contribution in [0, 0.1) is 0 Å². The predicted molar refractivity (Wildman–Crippen MR) is 88.9 cm³/mol. The number of alkyl halides is 3. The molecule has 2 aromatic carbocycles. The SMILES string of the molecule is Cl.N[C@@H](Cc1cccc(Oc2ccccc2)c1)C(=O)OCC(F)(F)F. The van der Waals surface area contributed by atoms with Gasteiger partial charge in [0.25, 0.3) is 0 Å². The van der Waals surface area contributed by atoms with Crippen LogP contribution in [0.25, 0.3) is 0 Å². The van der Waals surface area contributed by atoms with Gasteiger partial charge in [0.1, 0.15) is 17.5 Å². The smallest absolute Gasteiger partial charge is 0.422 e. The van der Waals surface area contributed by atoms with Gasteiger partial charge in [-0.3, -0.25) is 4.79 Å². The van der Waals surface area contributed by atoms with Crippen molar-refractivity contribution >= 4 is 18.4 Å². The first-order chi connectivity index (χ1) is 11.3. The van der Waals surface area contributed by atoms with Crippen LogP contribution in [-0.2, 0) is 16.0 Å². The number of esters is 1. The number of hydrogen-bond donors (Lipinski definition) is 1. The normalized spacial score (nSPS) is 12.0. The minimum Gasteiger partial charge on any atom is -0.457 e. The lowest BCUT2D eigenvalue weighted by Crippen LogP contribution is -2.36. The number of halogens is 4. The molecule has 0 radical (unpaired) electrons. The van der Waals surface area contributed by atoms with Gasteiger partial charge in [0.15, 0.2) is 6.61 Å². The first-order valence-corrected chi connectivity index (χ1v) is 7.14. The molecule has 0 aliphatic carbocycles. The summed E-state index contributed by atoms with van der Waals surface area (Å²) in [6, 6.07) is 14.7. The average Bonchev–Trinajstić information content (AvgIpc) is 2.53. The first-order valence-electron chi connectivity index (χ1n) is 7.14. The topological polar surface area (TPSA) is 61.5 Å². The van der Waals surface area contributed by atoms with E-state index >= 15 is 0 Å². The molecule has 8 heteroatoms. The molecule has 1 atom stereocenters. The van der Waals surface area contributed by atoms with E-state index in [4.69, 9.17) is 10.5 Å². The molecule has 0 heterocycles. The minimum absolute atomic E-state index is 0. The Bertz CT molecular complexity index is 680. The Morgan fingerprint density at radius 2 is 1.68 bits per heavy atom. The van der Waals surface area contributed by atoms with Crippen molar-refractivity contribution in [1.82, 2.24) is 0 Å². The maximum absolute atomic E-state index is 12.0. The fraction of sp³-hybridized carbons (Fsp3) is 0.235. The molecule has 0 amide bonds. The lowest BCUT2D eigenvalue weighted by Gasteiger charge is -2.13. The number of rotatable bonds is 6. The zero-order chi connectivity index (χ0) is 17.6. The van der Waals surface area contributed by atoms with E-state index < -0.39 is 24.8 Å². The van der Waals surface area contributed by atoms with Gasteiger partial charge in [0.2, 0.25) is 0 Å². The molecule has 0 spiro atoms. The van der Waals surface area contributed by atoms with Crippen LogP contribution in [0.1, 0.15) is 5.56 Å². The highest BCUT2D eigenvalue weighted by molar-refractivity contribution is 5.85. The van der Waals surface area contributed by atoms with Crippen molar-refractivity contribution in [3.8, 4) is 11.5 Å². The Morgan fingerprint density at radius 3 is 2.32 bits per heavy atom. The van der Waals surface area contributed by atoms with E-state index in [-0.39, 0.29) is 18.8 Å². The molecule has 0 unspecified atom stereocenters. The quantitative estimate of drug-likeness (QED) is 0.778. The molecule has 2 N–H and O–H groups in total. The summed E-state index contributed by atoms with van der Waals surface area (Å²) in [6.45, 7) is -1.64. The molecule has 0 aliphatic rings. The Labute approximate surface area is 149 Å². The van der Waals surface area contributed by atoms with E-state index in [9.17, 15) is 18.0 Å². The number of carbonyl (C=O) groups is 1. The zero-order valence-corrected chi connectivity index (χ0v) is 13.8. The van der Waals surface area contributed by atoms with Crippen LogP contribution in [0.2, 0.25) is 0 Å². The number of para-hydroxylation sites is 1. The van der Waals surface area contributed by atoms with Crippen LogP contribution in [0.15, 0.2) is 54.6 Å². The van der Waals surface area contributed by atoms with Crippen LogP contribution < -0.4 is 10.5 Å². The van der Waals surface area contributed by atoms with Crippen LogP contribution in [-0.4, -0.2) is 24.8 Å².